The number of fused-ring (bicyclic) bond motifs is 1. The first-order valence-corrected chi connectivity index (χ1v) is 16.1. The zero-order valence-electron chi connectivity index (χ0n) is 23.6. The van der Waals surface area contributed by atoms with Crippen LogP contribution in [0.15, 0.2) is 29.2 Å². The minimum atomic E-state index is -3.84. The number of hydrogen-bond donors (Lipinski definition) is 1. The second kappa shape index (κ2) is 12.8. The molecule has 218 valence electrons. The lowest BCUT2D eigenvalue weighted by atomic mass is 10.0. The number of amides is 2. The van der Waals surface area contributed by atoms with Gasteiger partial charge in [-0.2, -0.15) is 4.31 Å². The fourth-order valence-electron chi connectivity index (χ4n) is 5.23. The van der Waals surface area contributed by atoms with E-state index in [1.165, 1.54) is 39.9 Å². The standard InChI is InChI=1S/C28H38N4O6S2/c1-5-31(6-2)27(34)24-22-14-16-30(4)18-23(22)39-26(24)29-25(33)19-10-12-21(13-11-19)40(36,37)32-15-8-9-20(17-32)28(35)38-7-3/h10-13,20H,5-9,14-18H2,1-4H3,(H,29,33). The van der Waals surface area contributed by atoms with Crippen molar-refractivity contribution < 1.29 is 27.5 Å². The third-order valence-electron chi connectivity index (χ3n) is 7.50. The average Bonchev–Trinajstić information content (AvgIpc) is 3.30. The molecule has 1 N–H and O–H groups in total. The van der Waals surface area contributed by atoms with Gasteiger partial charge in [0.25, 0.3) is 11.8 Å². The van der Waals surface area contributed by atoms with E-state index < -0.39 is 21.8 Å². The first-order chi connectivity index (χ1) is 19.1. The molecule has 1 saturated heterocycles. The van der Waals surface area contributed by atoms with E-state index in [1.807, 2.05) is 20.9 Å². The van der Waals surface area contributed by atoms with Gasteiger partial charge in [-0.15, -0.1) is 11.3 Å². The molecule has 2 amide bonds. The van der Waals surface area contributed by atoms with Gasteiger partial charge < -0.3 is 19.9 Å². The molecule has 1 aromatic heterocycles. The van der Waals surface area contributed by atoms with Crippen LogP contribution in [0.25, 0.3) is 0 Å². The summed E-state index contributed by atoms with van der Waals surface area (Å²) in [6, 6.07) is 5.77. The van der Waals surface area contributed by atoms with E-state index >= 15 is 0 Å². The molecule has 0 aliphatic carbocycles. The molecular weight excluding hydrogens is 552 g/mol. The van der Waals surface area contributed by atoms with E-state index in [4.69, 9.17) is 4.74 Å². The van der Waals surface area contributed by atoms with Crippen LogP contribution < -0.4 is 5.32 Å². The SMILES string of the molecule is CCOC(=O)C1CCCN(S(=O)(=O)c2ccc(C(=O)Nc3sc4c(c3C(=O)N(CC)CC)CCN(C)C4)cc2)C1. The number of piperidine rings is 1. The largest absolute Gasteiger partial charge is 0.466 e. The number of ether oxygens (including phenoxy) is 1. The summed E-state index contributed by atoms with van der Waals surface area (Å²) in [6.07, 6.45) is 1.89. The molecule has 4 rings (SSSR count). The molecule has 0 spiro atoms. The fraction of sp³-hybridized carbons (Fsp3) is 0.536. The molecule has 2 aromatic rings. The molecule has 1 aromatic carbocycles. The van der Waals surface area contributed by atoms with Crippen LogP contribution in [0.3, 0.4) is 0 Å². The van der Waals surface area contributed by atoms with Crippen LogP contribution in [0.5, 0.6) is 0 Å². The molecular formula is C28H38N4O6S2. The Hall–Kier alpha value is -2.80. The maximum atomic E-state index is 13.4. The molecule has 0 bridgehead atoms. The van der Waals surface area contributed by atoms with Gasteiger partial charge in [0.2, 0.25) is 10.0 Å². The molecule has 1 atom stereocenters. The first kappa shape index (κ1) is 30.2. The highest BCUT2D eigenvalue weighted by Gasteiger charge is 2.34. The number of carbonyl (C=O) groups excluding carboxylic acids is 3. The van der Waals surface area contributed by atoms with Crippen LogP contribution in [0, 0.1) is 5.92 Å². The van der Waals surface area contributed by atoms with Gasteiger partial charge in [0.1, 0.15) is 5.00 Å². The minimum Gasteiger partial charge on any atom is -0.466 e. The third-order valence-corrected chi connectivity index (χ3v) is 10.5. The molecule has 3 heterocycles. The van der Waals surface area contributed by atoms with E-state index in [1.54, 1.807) is 11.8 Å². The summed E-state index contributed by atoms with van der Waals surface area (Å²) in [4.78, 5) is 44.0. The highest BCUT2D eigenvalue weighted by molar-refractivity contribution is 7.89. The molecule has 0 saturated carbocycles. The Morgan fingerprint density at radius 3 is 2.45 bits per heavy atom. The number of likely N-dealkylation sites (N-methyl/N-ethyl adjacent to an activating group) is 1. The maximum Gasteiger partial charge on any atom is 0.310 e. The number of hydrogen-bond acceptors (Lipinski definition) is 8. The Bertz CT molecular complexity index is 1350. The van der Waals surface area contributed by atoms with Crippen LogP contribution in [-0.4, -0.2) is 86.7 Å². The van der Waals surface area contributed by atoms with E-state index in [0.29, 0.717) is 49.6 Å². The summed E-state index contributed by atoms with van der Waals surface area (Å²) in [5.41, 5.74) is 1.84. The summed E-state index contributed by atoms with van der Waals surface area (Å²) < 4.78 is 33.0. The lowest BCUT2D eigenvalue weighted by Gasteiger charge is -2.30. The second-order valence-electron chi connectivity index (χ2n) is 10.1. The Labute approximate surface area is 240 Å². The number of benzene rings is 1. The Morgan fingerprint density at radius 1 is 1.10 bits per heavy atom. The first-order valence-electron chi connectivity index (χ1n) is 13.8. The van der Waals surface area contributed by atoms with Gasteiger partial charge in [-0.05, 0) is 76.9 Å². The average molecular weight is 591 g/mol. The number of rotatable bonds is 9. The van der Waals surface area contributed by atoms with Gasteiger partial charge in [0, 0.05) is 49.7 Å². The number of anilines is 1. The maximum absolute atomic E-state index is 13.4. The molecule has 2 aliphatic heterocycles. The smallest absolute Gasteiger partial charge is 0.310 e. The van der Waals surface area contributed by atoms with E-state index in [-0.39, 0.29) is 35.5 Å². The lowest BCUT2D eigenvalue weighted by molar-refractivity contribution is -0.149. The quantitative estimate of drug-likeness (QED) is 0.445. The van der Waals surface area contributed by atoms with Gasteiger partial charge in [0.15, 0.2) is 0 Å². The van der Waals surface area contributed by atoms with Gasteiger partial charge in [-0.25, -0.2) is 8.42 Å². The normalized spacial score (nSPS) is 18.1. The monoisotopic (exact) mass is 590 g/mol. The molecule has 1 unspecified atom stereocenters. The van der Waals surface area contributed by atoms with Gasteiger partial charge in [0.05, 0.1) is 23.0 Å². The van der Waals surface area contributed by atoms with E-state index in [9.17, 15) is 22.8 Å². The van der Waals surface area contributed by atoms with Gasteiger partial charge >= 0.3 is 5.97 Å². The summed E-state index contributed by atoms with van der Waals surface area (Å²) in [6.45, 7) is 8.93. The highest BCUT2D eigenvalue weighted by Crippen LogP contribution is 2.38. The molecule has 40 heavy (non-hydrogen) atoms. The number of thiophene rings is 1. The molecule has 2 aliphatic rings. The summed E-state index contributed by atoms with van der Waals surface area (Å²) in [5.74, 6) is -1.37. The summed E-state index contributed by atoms with van der Waals surface area (Å²) >= 11 is 1.43. The van der Waals surface area contributed by atoms with Crippen molar-refractivity contribution in [3.05, 3.63) is 45.8 Å². The number of carbonyl (C=O) groups is 3. The Morgan fingerprint density at radius 2 is 1.80 bits per heavy atom. The molecule has 12 heteroatoms. The zero-order chi connectivity index (χ0) is 29.0. The van der Waals surface area contributed by atoms with Crippen LogP contribution >= 0.6 is 11.3 Å². The third kappa shape index (κ3) is 6.24. The van der Waals surface area contributed by atoms with Crippen molar-refractivity contribution in [2.24, 2.45) is 5.92 Å². The second-order valence-corrected chi connectivity index (χ2v) is 13.1. The predicted molar refractivity (Wildman–Crippen MR) is 154 cm³/mol. The minimum absolute atomic E-state index is 0.0561. The molecule has 1 fully saturated rings. The summed E-state index contributed by atoms with van der Waals surface area (Å²) in [5, 5.41) is 3.46. The van der Waals surface area contributed by atoms with E-state index in [2.05, 4.69) is 10.2 Å². The van der Waals surface area contributed by atoms with Crippen molar-refractivity contribution in [2.75, 3.05) is 51.7 Å². The zero-order valence-corrected chi connectivity index (χ0v) is 25.2. The Balaban J connectivity index is 1.53. The topological polar surface area (TPSA) is 116 Å². The fourth-order valence-corrected chi connectivity index (χ4v) is 8.07. The predicted octanol–water partition coefficient (Wildman–Crippen LogP) is 3.43. The number of esters is 1. The Kier molecular flexibility index (Phi) is 9.65. The van der Waals surface area contributed by atoms with Crippen LogP contribution in [0.1, 0.15) is 64.8 Å². The number of nitrogens with zero attached hydrogens (tertiary/aromatic N) is 3. The van der Waals surface area contributed by atoms with Crippen molar-refractivity contribution >= 4 is 44.1 Å². The molecule has 0 radical (unpaired) electrons. The number of nitrogens with one attached hydrogen (secondary N) is 1. The van der Waals surface area contributed by atoms with Crippen LogP contribution in [-0.2, 0) is 32.5 Å². The van der Waals surface area contributed by atoms with Crippen LogP contribution in [0.4, 0.5) is 5.00 Å². The summed E-state index contributed by atoms with van der Waals surface area (Å²) in [7, 11) is -1.81. The van der Waals surface area contributed by atoms with E-state index in [0.717, 1.165) is 23.4 Å². The van der Waals surface area contributed by atoms with Crippen molar-refractivity contribution in [3.63, 3.8) is 0 Å². The van der Waals surface area contributed by atoms with Crippen molar-refractivity contribution in [1.82, 2.24) is 14.1 Å². The highest BCUT2D eigenvalue weighted by atomic mass is 32.2. The van der Waals surface area contributed by atoms with Gasteiger partial charge in [-0.3, -0.25) is 14.4 Å². The lowest BCUT2D eigenvalue weighted by Crippen LogP contribution is -2.42. The van der Waals surface area contributed by atoms with Crippen molar-refractivity contribution in [2.45, 2.75) is 51.5 Å². The number of sulfonamides is 1. The van der Waals surface area contributed by atoms with Crippen LogP contribution in [0.2, 0.25) is 0 Å². The van der Waals surface area contributed by atoms with Crippen molar-refractivity contribution in [1.29, 1.82) is 0 Å². The molecule has 10 nitrogen and oxygen atoms in total. The van der Waals surface area contributed by atoms with Crippen molar-refractivity contribution in [3.8, 4) is 0 Å². The van der Waals surface area contributed by atoms with Gasteiger partial charge in [-0.1, -0.05) is 0 Å².